The minimum atomic E-state index is -0.548. The molecule has 0 saturated carbocycles. The number of methoxy groups -OCH3 is 1. The first-order valence-electron chi connectivity index (χ1n) is 6.10. The average Bonchev–Trinajstić information content (AvgIpc) is 2.38. The van der Waals surface area contributed by atoms with E-state index in [-0.39, 0.29) is 18.3 Å². The quantitative estimate of drug-likeness (QED) is 0.873. The molecule has 1 aromatic carbocycles. The van der Waals surface area contributed by atoms with Gasteiger partial charge >= 0.3 is 0 Å². The van der Waals surface area contributed by atoms with Gasteiger partial charge in [0.05, 0.1) is 12.5 Å². The summed E-state index contributed by atoms with van der Waals surface area (Å²) in [6.45, 7) is 4.52. The standard InChI is InChI=1S/C14H21BrN2O2.ClH/c1-14(2,9-16)13(18)17(3)8-10-7-11(15)5-6-12(10)19-4;/h5-7H,8-9,16H2,1-4H3;1H. The molecule has 1 aromatic rings. The third kappa shape index (κ3) is 4.65. The molecular formula is C14H22BrClN2O2. The largest absolute Gasteiger partial charge is 0.496 e. The number of amides is 1. The molecule has 6 heteroatoms. The van der Waals surface area contributed by atoms with Gasteiger partial charge in [0.25, 0.3) is 0 Å². The second-order valence-corrected chi connectivity index (χ2v) is 6.12. The molecule has 2 N–H and O–H groups in total. The second-order valence-electron chi connectivity index (χ2n) is 5.21. The zero-order valence-electron chi connectivity index (χ0n) is 12.3. The van der Waals surface area contributed by atoms with Gasteiger partial charge in [-0.1, -0.05) is 15.9 Å². The van der Waals surface area contributed by atoms with Crippen molar-refractivity contribution in [2.24, 2.45) is 11.1 Å². The van der Waals surface area contributed by atoms with E-state index >= 15 is 0 Å². The first-order valence-corrected chi connectivity index (χ1v) is 6.89. The Bertz CT molecular complexity index is 466. The fourth-order valence-electron chi connectivity index (χ4n) is 1.80. The molecule has 0 unspecified atom stereocenters. The van der Waals surface area contributed by atoms with Crippen molar-refractivity contribution in [2.75, 3.05) is 20.7 Å². The molecule has 0 bridgehead atoms. The average molecular weight is 366 g/mol. The van der Waals surface area contributed by atoms with Gasteiger partial charge in [-0.25, -0.2) is 0 Å². The van der Waals surface area contributed by atoms with Gasteiger partial charge in [0.15, 0.2) is 0 Å². The minimum Gasteiger partial charge on any atom is -0.496 e. The maximum atomic E-state index is 12.3. The molecule has 0 fully saturated rings. The van der Waals surface area contributed by atoms with E-state index in [4.69, 9.17) is 10.5 Å². The summed E-state index contributed by atoms with van der Waals surface area (Å²) < 4.78 is 6.27. The lowest BCUT2D eigenvalue weighted by atomic mass is 9.92. The molecule has 114 valence electrons. The Labute approximate surface area is 135 Å². The minimum absolute atomic E-state index is 0. The van der Waals surface area contributed by atoms with Gasteiger partial charge in [-0.15, -0.1) is 12.4 Å². The fourth-order valence-corrected chi connectivity index (χ4v) is 2.21. The van der Waals surface area contributed by atoms with Crippen molar-refractivity contribution in [1.29, 1.82) is 0 Å². The molecule has 0 aliphatic carbocycles. The van der Waals surface area contributed by atoms with E-state index < -0.39 is 5.41 Å². The van der Waals surface area contributed by atoms with Crippen molar-refractivity contribution in [3.63, 3.8) is 0 Å². The number of carbonyl (C=O) groups is 1. The first kappa shape index (κ1) is 19.2. The van der Waals surface area contributed by atoms with Crippen LogP contribution in [0.4, 0.5) is 0 Å². The number of hydrogen-bond acceptors (Lipinski definition) is 3. The summed E-state index contributed by atoms with van der Waals surface area (Å²) in [5.74, 6) is 0.797. The molecule has 0 aliphatic rings. The Morgan fingerprint density at radius 1 is 1.45 bits per heavy atom. The van der Waals surface area contributed by atoms with Crippen LogP contribution >= 0.6 is 28.3 Å². The van der Waals surface area contributed by atoms with Gasteiger partial charge in [0, 0.05) is 30.2 Å². The molecule has 1 amide bonds. The van der Waals surface area contributed by atoms with Gasteiger partial charge in [0.2, 0.25) is 5.91 Å². The SMILES string of the molecule is COc1ccc(Br)cc1CN(C)C(=O)C(C)(C)CN.Cl. The molecule has 0 atom stereocenters. The number of hydrogen-bond donors (Lipinski definition) is 1. The summed E-state index contributed by atoms with van der Waals surface area (Å²) in [5, 5.41) is 0. The van der Waals surface area contributed by atoms with Gasteiger partial charge in [0.1, 0.15) is 5.75 Å². The van der Waals surface area contributed by atoms with Gasteiger partial charge in [-0.05, 0) is 32.0 Å². The van der Waals surface area contributed by atoms with E-state index in [0.29, 0.717) is 13.1 Å². The normalized spacial score (nSPS) is 10.7. The van der Waals surface area contributed by atoms with Crippen LogP contribution < -0.4 is 10.5 Å². The van der Waals surface area contributed by atoms with Crippen molar-refractivity contribution in [3.8, 4) is 5.75 Å². The van der Waals surface area contributed by atoms with Gasteiger partial charge in [-0.3, -0.25) is 4.79 Å². The molecule has 20 heavy (non-hydrogen) atoms. The van der Waals surface area contributed by atoms with Crippen LogP contribution in [0.2, 0.25) is 0 Å². The van der Waals surface area contributed by atoms with E-state index in [1.807, 2.05) is 32.0 Å². The lowest BCUT2D eigenvalue weighted by molar-refractivity contribution is -0.139. The van der Waals surface area contributed by atoms with Crippen LogP contribution in [0.3, 0.4) is 0 Å². The lowest BCUT2D eigenvalue weighted by Gasteiger charge is -2.28. The van der Waals surface area contributed by atoms with Gasteiger partial charge in [-0.2, -0.15) is 0 Å². The molecule has 4 nitrogen and oxygen atoms in total. The third-order valence-corrected chi connectivity index (χ3v) is 3.58. The van der Waals surface area contributed by atoms with E-state index in [0.717, 1.165) is 15.8 Å². The van der Waals surface area contributed by atoms with Crippen LogP contribution in [-0.2, 0) is 11.3 Å². The second kappa shape index (κ2) is 7.86. The third-order valence-electron chi connectivity index (χ3n) is 3.09. The summed E-state index contributed by atoms with van der Waals surface area (Å²) in [4.78, 5) is 14.0. The van der Waals surface area contributed by atoms with E-state index in [9.17, 15) is 4.79 Å². The lowest BCUT2D eigenvalue weighted by Crippen LogP contribution is -2.42. The van der Waals surface area contributed by atoms with Crippen LogP contribution in [0.1, 0.15) is 19.4 Å². The molecule has 0 aliphatic heterocycles. The topological polar surface area (TPSA) is 55.6 Å². The Balaban J connectivity index is 0.00000361. The highest BCUT2D eigenvalue weighted by Gasteiger charge is 2.29. The number of rotatable bonds is 5. The zero-order valence-corrected chi connectivity index (χ0v) is 14.7. The Morgan fingerprint density at radius 2 is 2.05 bits per heavy atom. The highest BCUT2D eigenvalue weighted by molar-refractivity contribution is 9.10. The first-order chi connectivity index (χ1) is 8.81. The van der Waals surface area contributed by atoms with Crippen LogP contribution in [-0.4, -0.2) is 31.5 Å². The highest BCUT2D eigenvalue weighted by Crippen LogP contribution is 2.25. The van der Waals surface area contributed by atoms with Crippen LogP contribution in [0.15, 0.2) is 22.7 Å². The molecule has 0 saturated heterocycles. The molecule has 0 radical (unpaired) electrons. The maximum Gasteiger partial charge on any atom is 0.229 e. The molecule has 0 aromatic heterocycles. The summed E-state index contributed by atoms with van der Waals surface area (Å²) >= 11 is 3.43. The number of halogens is 2. The Hall–Kier alpha value is -0.780. The Morgan fingerprint density at radius 3 is 2.55 bits per heavy atom. The zero-order chi connectivity index (χ0) is 14.6. The number of carbonyl (C=O) groups excluding carboxylic acids is 1. The summed E-state index contributed by atoms with van der Waals surface area (Å²) in [7, 11) is 3.40. The Kier molecular flexibility index (Phi) is 7.55. The summed E-state index contributed by atoms with van der Waals surface area (Å²) in [5.41, 5.74) is 6.05. The van der Waals surface area contributed by atoms with E-state index in [2.05, 4.69) is 15.9 Å². The monoisotopic (exact) mass is 364 g/mol. The highest BCUT2D eigenvalue weighted by atomic mass is 79.9. The smallest absolute Gasteiger partial charge is 0.229 e. The number of nitrogens with two attached hydrogens (primary N) is 1. The van der Waals surface area contributed by atoms with Gasteiger partial charge < -0.3 is 15.4 Å². The van der Waals surface area contributed by atoms with Crippen molar-refractivity contribution < 1.29 is 9.53 Å². The molecule has 0 spiro atoms. The van der Waals surface area contributed by atoms with Crippen LogP contribution in [0, 0.1) is 5.41 Å². The van der Waals surface area contributed by atoms with Crippen LogP contribution in [0.5, 0.6) is 5.75 Å². The number of benzene rings is 1. The predicted molar refractivity (Wildman–Crippen MR) is 87.3 cm³/mol. The summed E-state index contributed by atoms with van der Waals surface area (Å²) in [6.07, 6.45) is 0. The summed E-state index contributed by atoms with van der Waals surface area (Å²) in [6, 6.07) is 5.75. The number of ether oxygens (including phenoxy) is 1. The maximum absolute atomic E-state index is 12.3. The van der Waals surface area contributed by atoms with Crippen molar-refractivity contribution in [1.82, 2.24) is 4.90 Å². The van der Waals surface area contributed by atoms with Crippen molar-refractivity contribution in [2.45, 2.75) is 20.4 Å². The van der Waals surface area contributed by atoms with Crippen LogP contribution in [0.25, 0.3) is 0 Å². The van der Waals surface area contributed by atoms with E-state index in [1.54, 1.807) is 19.1 Å². The van der Waals surface area contributed by atoms with Crippen molar-refractivity contribution >= 4 is 34.2 Å². The molecule has 0 heterocycles. The predicted octanol–water partition coefficient (Wildman–Crippen LogP) is 2.82. The number of nitrogens with zero attached hydrogens (tertiary/aromatic N) is 1. The molecular weight excluding hydrogens is 344 g/mol. The van der Waals surface area contributed by atoms with Crippen molar-refractivity contribution in [3.05, 3.63) is 28.2 Å². The van der Waals surface area contributed by atoms with E-state index in [1.165, 1.54) is 0 Å². The fraction of sp³-hybridized carbons (Fsp3) is 0.500. The molecule has 1 rings (SSSR count).